The molecule has 0 saturated heterocycles. The van der Waals surface area contributed by atoms with Crippen molar-refractivity contribution in [3.05, 3.63) is 75.9 Å². The zero-order valence-electron chi connectivity index (χ0n) is 11.4. The average molecular weight is 298 g/mol. The second-order valence-electron chi connectivity index (χ2n) is 4.72. The van der Waals surface area contributed by atoms with Gasteiger partial charge in [0.15, 0.2) is 0 Å². The van der Waals surface area contributed by atoms with Crippen molar-refractivity contribution in [2.24, 2.45) is 5.73 Å². The van der Waals surface area contributed by atoms with Crippen LogP contribution in [0.25, 0.3) is 11.3 Å². The highest BCUT2D eigenvalue weighted by Gasteiger charge is 2.13. The van der Waals surface area contributed by atoms with Crippen molar-refractivity contribution in [1.29, 1.82) is 0 Å². The van der Waals surface area contributed by atoms with Crippen LogP contribution in [0.4, 0.5) is 4.39 Å². The Labute approximate surface area is 127 Å². The van der Waals surface area contributed by atoms with Crippen LogP contribution in [0.5, 0.6) is 0 Å². The molecule has 0 amide bonds. The Morgan fingerprint density at radius 1 is 1.00 bits per heavy atom. The minimum Gasteiger partial charge on any atom is -0.326 e. The van der Waals surface area contributed by atoms with E-state index in [1.807, 2.05) is 36.4 Å². The number of rotatable bonds is 4. The van der Waals surface area contributed by atoms with Gasteiger partial charge in [0.25, 0.3) is 0 Å². The lowest BCUT2D eigenvalue weighted by Gasteiger charge is -1.99. The largest absolute Gasteiger partial charge is 0.326 e. The molecule has 0 bridgehead atoms. The molecule has 0 aliphatic carbocycles. The molecule has 0 saturated carbocycles. The molecule has 0 unspecified atom stereocenters. The zero-order chi connectivity index (χ0) is 14.7. The zero-order valence-corrected chi connectivity index (χ0v) is 12.2. The van der Waals surface area contributed by atoms with Gasteiger partial charge in [0.1, 0.15) is 5.82 Å². The van der Waals surface area contributed by atoms with Crippen LogP contribution in [-0.2, 0) is 13.0 Å². The molecular formula is C17H15FN2S. The summed E-state index contributed by atoms with van der Waals surface area (Å²) in [5, 5.41) is 0.888. The summed E-state index contributed by atoms with van der Waals surface area (Å²) in [7, 11) is 0. The van der Waals surface area contributed by atoms with Crippen molar-refractivity contribution in [2.45, 2.75) is 13.0 Å². The second kappa shape index (κ2) is 6.16. The van der Waals surface area contributed by atoms with E-state index in [0.29, 0.717) is 18.5 Å². The third-order valence-corrected chi connectivity index (χ3v) is 4.35. The van der Waals surface area contributed by atoms with Crippen molar-refractivity contribution in [3.63, 3.8) is 0 Å². The molecule has 2 nitrogen and oxygen atoms in total. The van der Waals surface area contributed by atoms with E-state index in [9.17, 15) is 4.39 Å². The average Bonchev–Trinajstić information content (AvgIpc) is 2.93. The Hall–Kier alpha value is -2.04. The third kappa shape index (κ3) is 3.01. The summed E-state index contributed by atoms with van der Waals surface area (Å²) in [6, 6.07) is 16.8. The van der Waals surface area contributed by atoms with Gasteiger partial charge in [0.05, 0.1) is 10.7 Å². The first-order chi connectivity index (χ1) is 10.3. The number of nitrogens with zero attached hydrogens (tertiary/aromatic N) is 1. The fourth-order valence-electron chi connectivity index (χ4n) is 2.24. The number of aromatic nitrogens is 1. The Bertz CT molecular complexity index is 738. The van der Waals surface area contributed by atoms with Crippen molar-refractivity contribution < 1.29 is 4.39 Å². The molecule has 4 heteroatoms. The molecule has 0 fully saturated rings. The minimum atomic E-state index is -0.191. The fourth-order valence-corrected chi connectivity index (χ4v) is 3.23. The maximum Gasteiger partial charge on any atom is 0.126 e. The standard InChI is InChI=1S/C17H15FN2S/c18-14-9-5-4-8-13(14)10-16-20-17(15(11-19)21-16)12-6-2-1-3-7-12/h1-9H,10-11,19H2. The van der Waals surface area contributed by atoms with Crippen LogP contribution in [0.1, 0.15) is 15.4 Å². The molecule has 0 radical (unpaired) electrons. The SMILES string of the molecule is NCc1sc(Cc2ccccc2F)nc1-c1ccccc1. The van der Waals surface area contributed by atoms with Gasteiger partial charge in [0, 0.05) is 23.4 Å². The molecule has 2 aromatic carbocycles. The summed E-state index contributed by atoms with van der Waals surface area (Å²) >= 11 is 1.56. The van der Waals surface area contributed by atoms with E-state index in [-0.39, 0.29) is 5.82 Å². The first kappa shape index (κ1) is 13.9. The van der Waals surface area contributed by atoms with Crippen molar-refractivity contribution in [3.8, 4) is 11.3 Å². The first-order valence-electron chi connectivity index (χ1n) is 6.75. The number of thiazole rings is 1. The smallest absolute Gasteiger partial charge is 0.126 e. The number of halogens is 1. The molecule has 1 aromatic heterocycles. The topological polar surface area (TPSA) is 38.9 Å². The maximum absolute atomic E-state index is 13.7. The minimum absolute atomic E-state index is 0.191. The van der Waals surface area contributed by atoms with Gasteiger partial charge < -0.3 is 5.73 Å². The molecule has 2 N–H and O–H groups in total. The normalized spacial score (nSPS) is 10.8. The highest BCUT2D eigenvalue weighted by Crippen LogP contribution is 2.29. The first-order valence-corrected chi connectivity index (χ1v) is 7.57. The van der Waals surface area contributed by atoms with Crippen LogP contribution in [0.15, 0.2) is 54.6 Å². The summed E-state index contributed by atoms with van der Waals surface area (Å²) in [5.74, 6) is -0.191. The molecule has 0 aliphatic heterocycles. The third-order valence-electron chi connectivity index (χ3n) is 3.27. The fraction of sp³-hybridized carbons (Fsp3) is 0.118. The summed E-state index contributed by atoms with van der Waals surface area (Å²) in [4.78, 5) is 5.69. The lowest BCUT2D eigenvalue weighted by atomic mass is 10.1. The van der Waals surface area contributed by atoms with Gasteiger partial charge in [-0.05, 0) is 11.6 Å². The monoisotopic (exact) mass is 298 g/mol. The predicted molar refractivity (Wildman–Crippen MR) is 84.6 cm³/mol. The van der Waals surface area contributed by atoms with Crippen molar-refractivity contribution in [2.75, 3.05) is 0 Å². The number of benzene rings is 2. The Morgan fingerprint density at radius 3 is 2.43 bits per heavy atom. The van der Waals surface area contributed by atoms with Gasteiger partial charge in [-0.1, -0.05) is 48.5 Å². The van der Waals surface area contributed by atoms with E-state index in [0.717, 1.165) is 21.1 Å². The lowest BCUT2D eigenvalue weighted by molar-refractivity contribution is 0.614. The lowest BCUT2D eigenvalue weighted by Crippen LogP contribution is -1.95. The van der Waals surface area contributed by atoms with E-state index in [2.05, 4.69) is 4.98 Å². The van der Waals surface area contributed by atoms with E-state index < -0.39 is 0 Å². The van der Waals surface area contributed by atoms with Crippen LogP contribution in [-0.4, -0.2) is 4.98 Å². The second-order valence-corrected chi connectivity index (χ2v) is 5.89. The summed E-state index contributed by atoms with van der Waals surface area (Å²) < 4.78 is 13.7. The number of hydrogen-bond donors (Lipinski definition) is 1. The molecule has 3 aromatic rings. The summed E-state index contributed by atoms with van der Waals surface area (Å²) in [5.41, 5.74) is 8.44. The van der Waals surface area contributed by atoms with E-state index in [1.54, 1.807) is 23.5 Å². The molecule has 3 rings (SSSR count). The Balaban J connectivity index is 1.95. The summed E-state index contributed by atoms with van der Waals surface area (Å²) in [6.07, 6.45) is 0.497. The highest BCUT2D eigenvalue weighted by molar-refractivity contribution is 7.12. The molecule has 0 atom stereocenters. The predicted octanol–water partition coefficient (Wildman–Crippen LogP) is 4.00. The van der Waals surface area contributed by atoms with Crippen molar-refractivity contribution in [1.82, 2.24) is 4.98 Å². The van der Waals surface area contributed by atoms with Gasteiger partial charge in [-0.15, -0.1) is 11.3 Å². The van der Waals surface area contributed by atoms with Crippen LogP contribution in [0.2, 0.25) is 0 Å². The molecule has 0 aliphatic rings. The Morgan fingerprint density at radius 2 is 1.71 bits per heavy atom. The molecule has 21 heavy (non-hydrogen) atoms. The van der Waals surface area contributed by atoms with Crippen LogP contribution in [0.3, 0.4) is 0 Å². The van der Waals surface area contributed by atoms with Gasteiger partial charge in [-0.25, -0.2) is 9.37 Å². The van der Waals surface area contributed by atoms with Gasteiger partial charge >= 0.3 is 0 Å². The van der Waals surface area contributed by atoms with Gasteiger partial charge in [-0.2, -0.15) is 0 Å². The highest BCUT2D eigenvalue weighted by atomic mass is 32.1. The number of nitrogens with two attached hydrogens (primary N) is 1. The molecule has 106 valence electrons. The van der Waals surface area contributed by atoms with Crippen LogP contribution < -0.4 is 5.73 Å². The van der Waals surface area contributed by atoms with Crippen LogP contribution >= 0.6 is 11.3 Å². The maximum atomic E-state index is 13.7. The number of hydrogen-bond acceptors (Lipinski definition) is 3. The molecular weight excluding hydrogens is 283 g/mol. The van der Waals surface area contributed by atoms with Crippen molar-refractivity contribution >= 4 is 11.3 Å². The molecule has 1 heterocycles. The van der Waals surface area contributed by atoms with E-state index in [4.69, 9.17) is 5.73 Å². The van der Waals surface area contributed by atoms with Crippen LogP contribution in [0, 0.1) is 5.82 Å². The van der Waals surface area contributed by atoms with E-state index >= 15 is 0 Å². The Kier molecular flexibility index (Phi) is 4.08. The van der Waals surface area contributed by atoms with E-state index in [1.165, 1.54) is 6.07 Å². The van der Waals surface area contributed by atoms with Gasteiger partial charge in [0.2, 0.25) is 0 Å². The quantitative estimate of drug-likeness (QED) is 0.790. The van der Waals surface area contributed by atoms with Gasteiger partial charge in [-0.3, -0.25) is 0 Å². The molecule has 0 spiro atoms. The summed E-state index contributed by atoms with van der Waals surface area (Å²) in [6.45, 7) is 0.444.